The van der Waals surface area contributed by atoms with Crippen LogP contribution in [0.1, 0.15) is 27.7 Å². The first-order valence-electron chi connectivity index (χ1n) is 5.11. The van der Waals surface area contributed by atoms with Gasteiger partial charge in [-0.15, -0.1) is 0 Å². The zero-order valence-electron chi connectivity index (χ0n) is 9.50. The monoisotopic (exact) mass is 202 g/mol. The summed E-state index contributed by atoms with van der Waals surface area (Å²) in [6, 6.07) is 0.156. The Balaban J connectivity index is 3.74. The highest BCUT2D eigenvalue weighted by Gasteiger charge is 2.12. The van der Waals surface area contributed by atoms with E-state index in [4.69, 9.17) is 5.11 Å². The van der Waals surface area contributed by atoms with Gasteiger partial charge in [0.25, 0.3) is 0 Å². The number of hydrogen-bond acceptors (Lipinski definition) is 3. The third-order valence-corrected chi connectivity index (χ3v) is 1.98. The van der Waals surface area contributed by atoms with Crippen molar-refractivity contribution >= 4 is 5.91 Å². The lowest BCUT2D eigenvalue weighted by Gasteiger charge is -2.19. The third kappa shape index (κ3) is 5.94. The van der Waals surface area contributed by atoms with Crippen LogP contribution in [0.2, 0.25) is 0 Å². The van der Waals surface area contributed by atoms with Crippen molar-refractivity contribution in [2.24, 2.45) is 5.92 Å². The summed E-state index contributed by atoms with van der Waals surface area (Å²) in [4.78, 5) is 11.2. The van der Waals surface area contributed by atoms with Gasteiger partial charge in [0.2, 0.25) is 5.91 Å². The Morgan fingerprint density at radius 3 is 2.21 bits per heavy atom. The molecule has 0 heterocycles. The third-order valence-electron chi connectivity index (χ3n) is 1.98. The maximum atomic E-state index is 11.2. The summed E-state index contributed by atoms with van der Waals surface area (Å²) in [5.41, 5.74) is 0. The van der Waals surface area contributed by atoms with Gasteiger partial charge in [0.15, 0.2) is 0 Å². The molecule has 0 spiro atoms. The zero-order valence-corrected chi connectivity index (χ0v) is 9.50. The van der Waals surface area contributed by atoms with Crippen LogP contribution in [-0.4, -0.2) is 36.2 Å². The number of aliphatic hydroxyl groups is 1. The first kappa shape index (κ1) is 13.4. The highest BCUT2D eigenvalue weighted by molar-refractivity contribution is 5.78. The number of nitrogens with one attached hydrogen (secondary N) is 2. The molecule has 3 N–H and O–H groups in total. The van der Waals surface area contributed by atoms with Crippen molar-refractivity contribution in [1.82, 2.24) is 10.6 Å². The molecule has 0 radical (unpaired) electrons. The smallest absolute Gasteiger partial charge is 0.234 e. The van der Waals surface area contributed by atoms with Crippen molar-refractivity contribution in [3.05, 3.63) is 0 Å². The van der Waals surface area contributed by atoms with Gasteiger partial charge < -0.3 is 15.7 Å². The van der Waals surface area contributed by atoms with Crippen LogP contribution in [-0.2, 0) is 4.79 Å². The van der Waals surface area contributed by atoms with E-state index in [9.17, 15) is 4.79 Å². The summed E-state index contributed by atoms with van der Waals surface area (Å²) in [7, 11) is 0. The van der Waals surface area contributed by atoms with E-state index in [0.29, 0.717) is 5.92 Å². The number of hydrogen-bond donors (Lipinski definition) is 3. The highest BCUT2D eigenvalue weighted by atomic mass is 16.3. The van der Waals surface area contributed by atoms with Crippen LogP contribution < -0.4 is 10.6 Å². The first-order valence-corrected chi connectivity index (χ1v) is 5.11. The minimum Gasteiger partial charge on any atom is -0.395 e. The van der Waals surface area contributed by atoms with Crippen molar-refractivity contribution in [3.8, 4) is 0 Å². The van der Waals surface area contributed by atoms with E-state index in [1.54, 1.807) is 0 Å². The van der Waals surface area contributed by atoms with Crippen LogP contribution in [0.3, 0.4) is 0 Å². The second kappa shape index (κ2) is 6.79. The molecule has 14 heavy (non-hydrogen) atoms. The van der Waals surface area contributed by atoms with Gasteiger partial charge in [-0.3, -0.25) is 4.79 Å². The number of carbonyl (C=O) groups is 1. The Bertz CT molecular complexity index is 170. The lowest BCUT2D eigenvalue weighted by atomic mass is 10.1. The molecule has 0 aromatic rings. The van der Waals surface area contributed by atoms with E-state index < -0.39 is 0 Å². The molecular formula is C10H22N2O2. The van der Waals surface area contributed by atoms with Crippen LogP contribution in [0.4, 0.5) is 0 Å². The molecule has 0 aromatic carbocycles. The summed E-state index contributed by atoms with van der Waals surface area (Å²) in [5, 5.41) is 14.8. The van der Waals surface area contributed by atoms with E-state index in [1.165, 1.54) is 0 Å². The normalized spacial score (nSPS) is 13.4. The van der Waals surface area contributed by atoms with Gasteiger partial charge in [0.1, 0.15) is 0 Å². The fraction of sp³-hybridized carbons (Fsp3) is 0.900. The Kier molecular flexibility index (Phi) is 6.49. The molecule has 0 unspecified atom stereocenters. The fourth-order valence-electron chi connectivity index (χ4n) is 1.11. The molecule has 1 atom stereocenters. The maximum absolute atomic E-state index is 11.2. The van der Waals surface area contributed by atoms with Crippen molar-refractivity contribution in [3.63, 3.8) is 0 Å². The molecular weight excluding hydrogens is 180 g/mol. The van der Waals surface area contributed by atoms with Crippen LogP contribution in [0, 0.1) is 5.92 Å². The van der Waals surface area contributed by atoms with Gasteiger partial charge in [0.05, 0.1) is 13.2 Å². The summed E-state index contributed by atoms with van der Waals surface area (Å²) >= 11 is 0. The fourth-order valence-corrected chi connectivity index (χ4v) is 1.11. The zero-order chi connectivity index (χ0) is 11.1. The number of carbonyl (C=O) groups excluding carboxylic acids is 1. The molecule has 1 amide bonds. The number of aliphatic hydroxyl groups excluding tert-OH is 1. The molecule has 0 saturated carbocycles. The minimum absolute atomic E-state index is 0.00656. The van der Waals surface area contributed by atoms with Crippen molar-refractivity contribution < 1.29 is 9.90 Å². The average Bonchev–Trinajstić information content (AvgIpc) is 2.03. The predicted octanol–water partition coefficient (Wildman–Crippen LogP) is 0.118. The minimum atomic E-state index is -0.0286. The van der Waals surface area contributed by atoms with E-state index >= 15 is 0 Å². The molecule has 0 bridgehead atoms. The molecule has 0 rings (SSSR count). The molecule has 4 nitrogen and oxygen atoms in total. The summed E-state index contributed by atoms with van der Waals surface area (Å²) < 4.78 is 0. The lowest BCUT2D eigenvalue weighted by Crippen LogP contribution is -2.44. The van der Waals surface area contributed by atoms with Crippen LogP contribution in [0.15, 0.2) is 0 Å². The van der Waals surface area contributed by atoms with E-state index in [2.05, 4.69) is 10.6 Å². The lowest BCUT2D eigenvalue weighted by molar-refractivity contribution is -0.120. The molecule has 0 aliphatic heterocycles. The van der Waals surface area contributed by atoms with Gasteiger partial charge in [-0.2, -0.15) is 0 Å². The van der Waals surface area contributed by atoms with Crippen molar-refractivity contribution in [1.29, 1.82) is 0 Å². The maximum Gasteiger partial charge on any atom is 0.234 e. The molecule has 0 aliphatic carbocycles. The summed E-state index contributed by atoms with van der Waals surface area (Å²) in [6.07, 6.45) is 0. The Hall–Kier alpha value is -0.610. The van der Waals surface area contributed by atoms with Crippen molar-refractivity contribution in [2.45, 2.75) is 39.8 Å². The average molecular weight is 202 g/mol. The number of rotatable bonds is 6. The Labute approximate surface area is 86.1 Å². The van der Waals surface area contributed by atoms with Gasteiger partial charge in [-0.1, -0.05) is 13.8 Å². The molecule has 4 heteroatoms. The van der Waals surface area contributed by atoms with Crippen LogP contribution >= 0.6 is 0 Å². The molecule has 0 aliphatic rings. The largest absolute Gasteiger partial charge is 0.395 e. The van der Waals surface area contributed by atoms with E-state index in [0.717, 1.165) is 0 Å². The van der Waals surface area contributed by atoms with E-state index in [1.807, 2.05) is 27.7 Å². The van der Waals surface area contributed by atoms with Crippen LogP contribution in [0.5, 0.6) is 0 Å². The SMILES string of the molecule is CC(C)NC(=O)CN[C@H](CO)C(C)C. The van der Waals surface area contributed by atoms with Crippen LogP contribution in [0.25, 0.3) is 0 Å². The van der Waals surface area contributed by atoms with Gasteiger partial charge in [0, 0.05) is 12.1 Å². The first-order chi connectivity index (χ1) is 6.47. The van der Waals surface area contributed by atoms with Gasteiger partial charge >= 0.3 is 0 Å². The molecule has 0 fully saturated rings. The highest BCUT2D eigenvalue weighted by Crippen LogP contribution is 1.99. The van der Waals surface area contributed by atoms with Gasteiger partial charge in [-0.25, -0.2) is 0 Å². The quantitative estimate of drug-likeness (QED) is 0.573. The predicted molar refractivity (Wildman–Crippen MR) is 57.0 cm³/mol. The van der Waals surface area contributed by atoms with Crippen molar-refractivity contribution in [2.75, 3.05) is 13.2 Å². The Morgan fingerprint density at radius 2 is 1.86 bits per heavy atom. The Morgan fingerprint density at radius 1 is 1.29 bits per heavy atom. The molecule has 84 valence electrons. The second-order valence-corrected chi connectivity index (χ2v) is 4.14. The number of amides is 1. The second-order valence-electron chi connectivity index (χ2n) is 4.14. The van der Waals surface area contributed by atoms with Gasteiger partial charge in [-0.05, 0) is 19.8 Å². The summed E-state index contributed by atoms with van der Waals surface area (Å²) in [5.74, 6) is 0.297. The molecule has 0 saturated heterocycles. The van der Waals surface area contributed by atoms with E-state index in [-0.39, 0.29) is 31.1 Å². The summed E-state index contributed by atoms with van der Waals surface area (Å²) in [6.45, 7) is 8.18. The topological polar surface area (TPSA) is 61.4 Å². The molecule has 0 aromatic heterocycles. The standard InChI is InChI=1S/C10H22N2O2/c1-7(2)9(6-13)11-5-10(14)12-8(3)4/h7-9,11,13H,5-6H2,1-4H3,(H,12,14)/t9-/m1/s1.